The third-order valence-corrected chi connectivity index (χ3v) is 5.12. The Morgan fingerprint density at radius 1 is 0.655 bits per heavy atom. The lowest BCUT2D eigenvalue weighted by atomic mass is 10.2. The molecule has 2 N–H and O–H groups in total. The molecule has 1 aromatic heterocycles. The van der Waals surface area contributed by atoms with E-state index in [1.54, 1.807) is 12.1 Å². The van der Waals surface area contributed by atoms with E-state index < -0.39 is 0 Å². The molecule has 0 fully saturated rings. The zero-order valence-electron chi connectivity index (χ0n) is 15.9. The molecule has 3 aromatic rings. The zero-order valence-corrected chi connectivity index (χ0v) is 16.7. The zero-order chi connectivity index (χ0) is 20.3. The van der Waals surface area contributed by atoms with E-state index in [0.717, 1.165) is 11.1 Å². The normalized spacial score (nSPS) is 11.0. The Morgan fingerprint density at radius 3 is 1.48 bits per heavy atom. The van der Waals surface area contributed by atoms with Crippen LogP contribution in [0.15, 0.2) is 84.9 Å². The number of thiophene rings is 1. The van der Waals surface area contributed by atoms with Gasteiger partial charge in [-0.3, -0.25) is 9.59 Å². The fraction of sp³-hybridized carbons (Fsp3) is 0.0833. The first-order valence-electron chi connectivity index (χ1n) is 9.32. The molecule has 29 heavy (non-hydrogen) atoms. The highest BCUT2D eigenvalue weighted by Gasteiger charge is 2.12. The van der Waals surface area contributed by atoms with Gasteiger partial charge in [0.15, 0.2) is 0 Å². The van der Waals surface area contributed by atoms with Crippen LogP contribution in [0.4, 0.5) is 0 Å². The summed E-state index contributed by atoms with van der Waals surface area (Å²) in [7, 11) is 0. The number of rotatable bonds is 8. The fourth-order valence-electron chi connectivity index (χ4n) is 2.58. The van der Waals surface area contributed by atoms with E-state index in [4.69, 9.17) is 0 Å². The Labute approximate surface area is 174 Å². The second-order valence-electron chi connectivity index (χ2n) is 6.21. The summed E-state index contributed by atoms with van der Waals surface area (Å²) in [5.41, 5.74) is 2.16. The van der Waals surface area contributed by atoms with Crippen molar-refractivity contribution in [2.75, 3.05) is 13.1 Å². The van der Waals surface area contributed by atoms with Crippen LogP contribution in [-0.2, 0) is 0 Å². The average Bonchev–Trinajstić information content (AvgIpc) is 3.26. The van der Waals surface area contributed by atoms with Gasteiger partial charge < -0.3 is 10.6 Å². The van der Waals surface area contributed by atoms with Gasteiger partial charge in [0, 0.05) is 13.1 Å². The lowest BCUT2D eigenvalue weighted by Crippen LogP contribution is -2.23. The predicted molar refractivity (Wildman–Crippen MR) is 120 cm³/mol. The summed E-state index contributed by atoms with van der Waals surface area (Å²) in [4.78, 5) is 25.5. The Bertz CT molecular complexity index is 912. The lowest BCUT2D eigenvalue weighted by Gasteiger charge is -2.00. The van der Waals surface area contributed by atoms with Gasteiger partial charge in [0.1, 0.15) is 0 Å². The molecule has 0 saturated carbocycles. The topological polar surface area (TPSA) is 58.2 Å². The second-order valence-corrected chi connectivity index (χ2v) is 7.29. The molecule has 0 spiro atoms. The van der Waals surface area contributed by atoms with Crippen LogP contribution in [0.1, 0.15) is 30.5 Å². The highest BCUT2D eigenvalue weighted by atomic mass is 32.1. The maximum absolute atomic E-state index is 12.2. The summed E-state index contributed by atoms with van der Waals surface area (Å²) in [6.07, 6.45) is 7.70. The molecule has 0 bridgehead atoms. The van der Waals surface area contributed by atoms with E-state index >= 15 is 0 Å². The highest BCUT2D eigenvalue weighted by molar-refractivity contribution is 7.15. The van der Waals surface area contributed by atoms with E-state index in [2.05, 4.69) is 10.6 Å². The third-order valence-electron chi connectivity index (χ3n) is 4.03. The van der Waals surface area contributed by atoms with E-state index in [1.807, 2.05) is 85.0 Å². The van der Waals surface area contributed by atoms with Crippen molar-refractivity contribution in [1.82, 2.24) is 10.6 Å². The molecule has 5 heteroatoms. The van der Waals surface area contributed by atoms with Crippen molar-refractivity contribution >= 4 is 35.3 Å². The van der Waals surface area contributed by atoms with Crippen molar-refractivity contribution in [3.63, 3.8) is 0 Å². The van der Waals surface area contributed by atoms with Crippen molar-refractivity contribution in [2.24, 2.45) is 0 Å². The molecule has 0 aliphatic rings. The van der Waals surface area contributed by atoms with Crippen molar-refractivity contribution in [1.29, 1.82) is 0 Å². The number of amides is 2. The van der Waals surface area contributed by atoms with Crippen molar-refractivity contribution in [3.8, 4) is 0 Å². The molecular formula is C24H22N2O2S. The van der Waals surface area contributed by atoms with Gasteiger partial charge in [0.2, 0.25) is 0 Å². The van der Waals surface area contributed by atoms with Crippen LogP contribution < -0.4 is 10.6 Å². The largest absolute Gasteiger partial charge is 0.348 e. The summed E-state index contributed by atoms with van der Waals surface area (Å²) in [6.45, 7) is 0.856. The molecule has 0 saturated heterocycles. The standard InChI is InChI=1S/C24H22N2O2S/c27-23(25-17-7-13-19-9-3-1-4-10-19)21-15-16-22(29-21)24(28)26-18-8-14-20-11-5-2-6-12-20/h1-16H,17-18H2,(H,25,27)(H,26,28)/b13-7+,14-8+. The van der Waals surface area contributed by atoms with Crippen molar-refractivity contribution in [2.45, 2.75) is 0 Å². The first kappa shape index (κ1) is 20.3. The third kappa shape index (κ3) is 6.59. The number of benzene rings is 2. The molecule has 0 unspecified atom stereocenters. The van der Waals surface area contributed by atoms with Gasteiger partial charge in [-0.1, -0.05) is 85.0 Å². The molecule has 0 atom stereocenters. The first-order chi connectivity index (χ1) is 14.2. The summed E-state index contributed by atoms with van der Waals surface area (Å²) in [5.74, 6) is -0.369. The Hall–Kier alpha value is -3.44. The van der Waals surface area contributed by atoms with Crippen LogP contribution in [0.5, 0.6) is 0 Å². The maximum Gasteiger partial charge on any atom is 0.261 e. The Balaban J connectivity index is 1.44. The van der Waals surface area contributed by atoms with Gasteiger partial charge in [0.25, 0.3) is 11.8 Å². The van der Waals surface area contributed by atoms with Crippen LogP contribution >= 0.6 is 11.3 Å². The quantitative estimate of drug-likeness (QED) is 0.577. The average molecular weight is 403 g/mol. The van der Waals surface area contributed by atoms with Gasteiger partial charge in [-0.05, 0) is 23.3 Å². The monoisotopic (exact) mass is 402 g/mol. The maximum atomic E-state index is 12.2. The van der Waals surface area contributed by atoms with Gasteiger partial charge in [-0.2, -0.15) is 0 Å². The van der Waals surface area contributed by atoms with Gasteiger partial charge in [0.05, 0.1) is 9.75 Å². The van der Waals surface area contributed by atoms with E-state index in [0.29, 0.717) is 22.8 Å². The van der Waals surface area contributed by atoms with Crippen LogP contribution in [0.2, 0.25) is 0 Å². The molecule has 2 aromatic carbocycles. The fourth-order valence-corrected chi connectivity index (χ4v) is 3.42. The molecule has 1 heterocycles. The van der Waals surface area contributed by atoms with Gasteiger partial charge in [-0.25, -0.2) is 0 Å². The smallest absolute Gasteiger partial charge is 0.261 e. The minimum absolute atomic E-state index is 0.185. The number of carbonyl (C=O) groups is 2. The molecule has 0 radical (unpaired) electrons. The highest BCUT2D eigenvalue weighted by Crippen LogP contribution is 2.16. The minimum Gasteiger partial charge on any atom is -0.348 e. The number of nitrogens with one attached hydrogen (secondary N) is 2. The van der Waals surface area contributed by atoms with Gasteiger partial charge in [-0.15, -0.1) is 11.3 Å². The summed E-state index contributed by atoms with van der Waals surface area (Å²) >= 11 is 1.19. The molecule has 0 aliphatic heterocycles. The molecule has 0 aliphatic carbocycles. The number of hydrogen-bond acceptors (Lipinski definition) is 3. The summed E-state index contributed by atoms with van der Waals surface area (Å²) in [5, 5.41) is 5.67. The Kier molecular flexibility index (Phi) is 7.55. The van der Waals surface area contributed by atoms with Gasteiger partial charge >= 0.3 is 0 Å². The van der Waals surface area contributed by atoms with Crippen molar-refractivity contribution < 1.29 is 9.59 Å². The van der Waals surface area contributed by atoms with E-state index in [-0.39, 0.29) is 11.8 Å². The van der Waals surface area contributed by atoms with Crippen molar-refractivity contribution in [3.05, 3.63) is 106 Å². The second kappa shape index (κ2) is 10.8. The lowest BCUT2D eigenvalue weighted by molar-refractivity contribution is 0.0955. The Morgan fingerprint density at radius 2 is 1.07 bits per heavy atom. The molecule has 146 valence electrons. The van der Waals surface area contributed by atoms with Crippen LogP contribution in [0.25, 0.3) is 12.2 Å². The van der Waals surface area contributed by atoms with Crippen LogP contribution in [-0.4, -0.2) is 24.9 Å². The number of carbonyl (C=O) groups excluding carboxylic acids is 2. The number of hydrogen-bond donors (Lipinski definition) is 2. The van der Waals surface area contributed by atoms with E-state index in [9.17, 15) is 9.59 Å². The summed E-state index contributed by atoms with van der Waals surface area (Å²) < 4.78 is 0. The molecular weight excluding hydrogens is 380 g/mol. The van der Waals surface area contributed by atoms with Crippen LogP contribution in [0.3, 0.4) is 0 Å². The molecule has 3 rings (SSSR count). The summed E-state index contributed by atoms with van der Waals surface area (Å²) in [6, 6.07) is 23.1. The molecule has 4 nitrogen and oxygen atoms in total. The first-order valence-corrected chi connectivity index (χ1v) is 10.1. The molecule has 2 amide bonds. The van der Waals surface area contributed by atoms with E-state index in [1.165, 1.54) is 11.3 Å². The predicted octanol–water partition coefficient (Wildman–Crippen LogP) is 4.63. The SMILES string of the molecule is O=C(NC/C=C/c1ccccc1)c1ccc(C(=O)NC/C=C/c2ccccc2)s1. The minimum atomic E-state index is -0.185. The van der Waals surface area contributed by atoms with Crippen LogP contribution in [0, 0.1) is 0 Å².